The van der Waals surface area contributed by atoms with E-state index in [0.29, 0.717) is 31.5 Å². The lowest BCUT2D eigenvalue weighted by Crippen LogP contribution is -2.45. The van der Waals surface area contributed by atoms with Crippen molar-refractivity contribution in [3.8, 4) is 11.5 Å². The summed E-state index contributed by atoms with van der Waals surface area (Å²) in [5.41, 5.74) is 2.77. The van der Waals surface area contributed by atoms with Crippen LogP contribution in [-0.2, 0) is 13.1 Å². The summed E-state index contributed by atoms with van der Waals surface area (Å²) in [7, 11) is 3.37. The summed E-state index contributed by atoms with van der Waals surface area (Å²) in [5.74, 6) is 2.66. The summed E-state index contributed by atoms with van der Waals surface area (Å²) < 4.78 is 11.1. The molecule has 0 bridgehead atoms. The van der Waals surface area contributed by atoms with Crippen LogP contribution < -0.4 is 19.7 Å². The van der Waals surface area contributed by atoms with E-state index < -0.39 is 0 Å². The number of hydrogen-bond donors (Lipinski definition) is 1. The molecule has 0 fully saturated rings. The van der Waals surface area contributed by atoms with Crippen molar-refractivity contribution < 1.29 is 14.3 Å². The lowest BCUT2D eigenvalue weighted by atomic mass is 10.1. The molecule has 0 unspecified atom stereocenters. The molecule has 4 rings (SSSR count). The van der Waals surface area contributed by atoms with Crippen molar-refractivity contribution in [2.24, 2.45) is 0 Å². The molecule has 9 heteroatoms. The van der Waals surface area contributed by atoms with E-state index in [9.17, 15) is 4.79 Å². The monoisotopic (exact) mass is 490 g/mol. The maximum atomic E-state index is 13.0. The van der Waals surface area contributed by atoms with Crippen LogP contribution in [0, 0.1) is 0 Å². The van der Waals surface area contributed by atoms with Crippen LogP contribution in [0.25, 0.3) is 0 Å². The van der Waals surface area contributed by atoms with Crippen LogP contribution >= 0.6 is 0 Å². The summed E-state index contributed by atoms with van der Waals surface area (Å²) in [6.07, 6.45) is 1.78. The van der Waals surface area contributed by atoms with Gasteiger partial charge in [0.25, 0.3) is 0 Å². The second-order valence-electron chi connectivity index (χ2n) is 8.61. The molecule has 2 heterocycles. The summed E-state index contributed by atoms with van der Waals surface area (Å²) >= 11 is 0. The standard InChI is InChI=1S/C27H34N6O3/c1-5-32(6-2)15-16-36-24-13-9-22(10-14-24)29-26-28-17-21-19-33(27(34)31(3)25(21)30-26)18-20-7-11-23(35-4)12-8-20/h7-14,17H,5-6,15-16,18-19H2,1-4H3,(H,28,29,30). The number of likely N-dealkylation sites (N-methyl/N-ethyl adjacent to an activating group) is 1. The molecule has 0 saturated carbocycles. The molecule has 190 valence electrons. The highest BCUT2D eigenvalue weighted by molar-refractivity contribution is 5.93. The Labute approximate surface area is 212 Å². The van der Waals surface area contributed by atoms with Gasteiger partial charge in [-0.05, 0) is 55.1 Å². The van der Waals surface area contributed by atoms with Crippen molar-refractivity contribution in [1.29, 1.82) is 0 Å². The number of aromatic nitrogens is 2. The average Bonchev–Trinajstić information content (AvgIpc) is 2.91. The number of ether oxygens (including phenoxy) is 2. The summed E-state index contributed by atoms with van der Waals surface area (Å²) in [6, 6.07) is 15.3. The van der Waals surface area contributed by atoms with Gasteiger partial charge in [0.15, 0.2) is 0 Å². The Morgan fingerprint density at radius 1 is 1.03 bits per heavy atom. The number of nitrogens with zero attached hydrogens (tertiary/aromatic N) is 5. The van der Waals surface area contributed by atoms with E-state index in [4.69, 9.17) is 9.47 Å². The predicted molar refractivity (Wildman–Crippen MR) is 141 cm³/mol. The topological polar surface area (TPSA) is 83.1 Å². The van der Waals surface area contributed by atoms with E-state index in [2.05, 4.69) is 34.0 Å². The molecule has 0 atom stereocenters. The van der Waals surface area contributed by atoms with E-state index in [-0.39, 0.29) is 6.03 Å². The van der Waals surface area contributed by atoms with Crippen LogP contribution in [0.3, 0.4) is 0 Å². The van der Waals surface area contributed by atoms with Crippen LogP contribution in [0.15, 0.2) is 54.7 Å². The quantitative estimate of drug-likeness (QED) is 0.423. The molecule has 9 nitrogen and oxygen atoms in total. The molecule has 1 aliphatic heterocycles. The molecule has 36 heavy (non-hydrogen) atoms. The van der Waals surface area contributed by atoms with Crippen LogP contribution in [0.1, 0.15) is 25.0 Å². The molecular weight excluding hydrogens is 456 g/mol. The first-order valence-electron chi connectivity index (χ1n) is 12.2. The van der Waals surface area contributed by atoms with Gasteiger partial charge >= 0.3 is 6.03 Å². The Morgan fingerprint density at radius 3 is 2.39 bits per heavy atom. The van der Waals surface area contributed by atoms with Gasteiger partial charge in [0.1, 0.15) is 23.9 Å². The average molecular weight is 491 g/mol. The molecule has 2 amide bonds. The van der Waals surface area contributed by atoms with Gasteiger partial charge in [0.2, 0.25) is 5.95 Å². The van der Waals surface area contributed by atoms with Crippen molar-refractivity contribution in [1.82, 2.24) is 19.8 Å². The SMILES string of the molecule is CCN(CC)CCOc1ccc(Nc2ncc3c(n2)N(C)C(=O)N(Cc2ccc(OC)cc2)C3)cc1. The van der Waals surface area contributed by atoms with E-state index in [0.717, 1.165) is 47.9 Å². The highest BCUT2D eigenvalue weighted by Crippen LogP contribution is 2.28. The molecular formula is C27H34N6O3. The van der Waals surface area contributed by atoms with Crippen molar-refractivity contribution in [2.45, 2.75) is 26.9 Å². The molecule has 0 radical (unpaired) electrons. The van der Waals surface area contributed by atoms with Gasteiger partial charge in [-0.2, -0.15) is 4.98 Å². The zero-order chi connectivity index (χ0) is 25.5. The molecule has 0 spiro atoms. The van der Waals surface area contributed by atoms with Gasteiger partial charge in [-0.25, -0.2) is 9.78 Å². The number of carbonyl (C=O) groups is 1. The number of urea groups is 1. The summed E-state index contributed by atoms with van der Waals surface area (Å²) in [6.45, 7) is 8.84. The van der Waals surface area contributed by atoms with E-state index >= 15 is 0 Å². The lowest BCUT2D eigenvalue weighted by Gasteiger charge is -2.34. The number of nitrogens with one attached hydrogen (secondary N) is 1. The number of anilines is 3. The number of methoxy groups -OCH3 is 1. The zero-order valence-corrected chi connectivity index (χ0v) is 21.4. The van der Waals surface area contributed by atoms with Gasteiger partial charge in [-0.15, -0.1) is 0 Å². The van der Waals surface area contributed by atoms with Crippen molar-refractivity contribution in [2.75, 3.05) is 50.6 Å². The van der Waals surface area contributed by atoms with Crippen molar-refractivity contribution in [3.05, 3.63) is 65.9 Å². The zero-order valence-electron chi connectivity index (χ0n) is 21.4. The number of fused-ring (bicyclic) bond motifs is 1. The molecule has 3 aromatic rings. The van der Waals surface area contributed by atoms with Crippen LogP contribution in [0.2, 0.25) is 0 Å². The van der Waals surface area contributed by atoms with Crippen molar-refractivity contribution in [3.63, 3.8) is 0 Å². The van der Waals surface area contributed by atoms with Crippen LogP contribution in [0.4, 0.5) is 22.2 Å². The number of carbonyl (C=O) groups excluding carboxylic acids is 1. The fourth-order valence-corrected chi connectivity index (χ4v) is 4.11. The predicted octanol–water partition coefficient (Wildman–Crippen LogP) is 4.52. The maximum absolute atomic E-state index is 13.0. The van der Waals surface area contributed by atoms with Gasteiger partial charge in [0, 0.05) is 37.6 Å². The van der Waals surface area contributed by atoms with Crippen LogP contribution in [-0.4, -0.2) is 66.2 Å². The number of amides is 2. The third-order valence-electron chi connectivity index (χ3n) is 6.29. The molecule has 1 aliphatic rings. The van der Waals surface area contributed by atoms with E-state index in [1.165, 1.54) is 0 Å². The third-order valence-corrected chi connectivity index (χ3v) is 6.29. The summed E-state index contributed by atoms with van der Waals surface area (Å²) in [5, 5.41) is 3.22. The second kappa shape index (κ2) is 11.7. The molecule has 0 saturated heterocycles. The van der Waals surface area contributed by atoms with E-state index in [1.54, 1.807) is 30.2 Å². The highest BCUT2D eigenvalue weighted by atomic mass is 16.5. The Bertz CT molecular complexity index is 1150. The second-order valence-corrected chi connectivity index (χ2v) is 8.61. The van der Waals surface area contributed by atoms with Gasteiger partial charge in [-0.1, -0.05) is 26.0 Å². The third kappa shape index (κ3) is 6.04. The highest BCUT2D eigenvalue weighted by Gasteiger charge is 2.29. The van der Waals surface area contributed by atoms with Gasteiger partial charge in [0.05, 0.1) is 13.7 Å². The van der Waals surface area contributed by atoms with Crippen molar-refractivity contribution >= 4 is 23.5 Å². The first-order chi connectivity index (χ1) is 17.5. The number of hydrogen-bond acceptors (Lipinski definition) is 7. The molecule has 0 aliphatic carbocycles. The molecule has 1 N–H and O–H groups in total. The fraction of sp³-hybridized carbons (Fsp3) is 0.370. The Morgan fingerprint density at radius 2 is 1.72 bits per heavy atom. The van der Waals surface area contributed by atoms with E-state index in [1.807, 2.05) is 48.5 Å². The normalized spacial score (nSPS) is 13.1. The first-order valence-corrected chi connectivity index (χ1v) is 12.2. The molecule has 1 aromatic heterocycles. The Kier molecular flexibility index (Phi) is 8.22. The lowest BCUT2D eigenvalue weighted by molar-refractivity contribution is 0.196. The fourth-order valence-electron chi connectivity index (χ4n) is 4.11. The Hall–Kier alpha value is -3.85. The maximum Gasteiger partial charge on any atom is 0.326 e. The summed E-state index contributed by atoms with van der Waals surface area (Å²) in [4.78, 5) is 27.8. The number of benzene rings is 2. The smallest absolute Gasteiger partial charge is 0.326 e. The minimum absolute atomic E-state index is 0.103. The largest absolute Gasteiger partial charge is 0.497 e. The minimum Gasteiger partial charge on any atom is -0.497 e. The Balaban J connectivity index is 1.37. The number of rotatable bonds is 11. The minimum atomic E-state index is -0.103. The first kappa shape index (κ1) is 25.2. The molecule has 2 aromatic carbocycles. The van der Waals surface area contributed by atoms with Crippen LogP contribution in [0.5, 0.6) is 11.5 Å². The van der Waals surface area contributed by atoms with Gasteiger partial charge < -0.3 is 24.6 Å². The van der Waals surface area contributed by atoms with Gasteiger partial charge in [-0.3, -0.25) is 4.90 Å².